The van der Waals surface area contributed by atoms with Crippen LogP contribution in [0.5, 0.6) is 0 Å². The van der Waals surface area contributed by atoms with Crippen molar-refractivity contribution < 1.29 is 4.79 Å². The molecule has 0 saturated carbocycles. The minimum absolute atomic E-state index is 0.0409. The molecule has 0 spiro atoms. The normalized spacial score (nSPS) is 15.5. The lowest BCUT2D eigenvalue weighted by Crippen LogP contribution is -2.37. The Bertz CT molecular complexity index is 1340. The Morgan fingerprint density at radius 3 is 2.68 bits per heavy atom. The van der Waals surface area contributed by atoms with Crippen molar-refractivity contribution in [3.63, 3.8) is 0 Å². The van der Waals surface area contributed by atoms with Gasteiger partial charge in [-0.2, -0.15) is 0 Å². The van der Waals surface area contributed by atoms with Gasteiger partial charge >= 0.3 is 5.69 Å². The smallest absolute Gasteiger partial charge is 0.327 e. The van der Waals surface area contributed by atoms with Crippen LogP contribution in [0.3, 0.4) is 0 Å². The molecular weight excluding hydrogens is 428 g/mol. The van der Waals surface area contributed by atoms with Gasteiger partial charge in [0.15, 0.2) is 11.4 Å². The van der Waals surface area contributed by atoms with Crippen molar-refractivity contribution in [3.05, 3.63) is 82.8 Å². The summed E-state index contributed by atoms with van der Waals surface area (Å²) in [5.74, 6) is 1.12. The Morgan fingerprint density at radius 1 is 1.09 bits per heavy atom. The fourth-order valence-corrected chi connectivity index (χ4v) is 4.77. The molecule has 34 heavy (non-hydrogen) atoms. The number of aromatic amines is 1. The number of imidazole rings is 1. The Balaban J connectivity index is 1.22. The van der Waals surface area contributed by atoms with Gasteiger partial charge in [0, 0.05) is 37.8 Å². The van der Waals surface area contributed by atoms with E-state index in [1.807, 2.05) is 34.9 Å². The number of hydrogen-bond donors (Lipinski definition) is 1. The summed E-state index contributed by atoms with van der Waals surface area (Å²) in [6.07, 6.45) is 6.01. The number of pyridine rings is 1. The number of anilines is 1. The van der Waals surface area contributed by atoms with Gasteiger partial charge in [0.05, 0.1) is 5.52 Å². The predicted molar refractivity (Wildman–Crippen MR) is 131 cm³/mol. The molecule has 1 N–H and O–H groups in total. The third-order valence-electron chi connectivity index (χ3n) is 6.76. The number of carbonyl (C=O) groups excluding carboxylic acids is 1. The summed E-state index contributed by atoms with van der Waals surface area (Å²) in [5, 5.41) is 0. The van der Waals surface area contributed by atoms with Gasteiger partial charge in [-0.05, 0) is 42.9 Å². The number of Topliss-reactive ketones (excluding diaryl/α,β-unsaturated/α-hetero) is 1. The summed E-state index contributed by atoms with van der Waals surface area (Å²) in [6.45, 7) is 3.65. The molecule has 1 saturated heterocycles. The lowest BCUT2D eigenvalue weighted by atomic mass is 9.95. The summed E-state index contributed by atoms with van der Waals surface area (Å²) >= 11 is 0. The first kappa shape index (κ1) is 22.0. The maximum absolute atomic E-state index is 12.8. The van der Waals surface area contributed by atoms with Gasteiger partial charge < -0.3 is 4.90 Å². The quantitative estimate of drug-likeness (QED) is 0.420. The van der Waals surface area contributed by atoms with Crippen molar-refractivity contribution in [3.8, 4) is 0 Å². The molecule has 1 aliphatic rings. The first-order valence-electron chi connectivity index (χ1n) is 11.8. The molecule has 0 bridgehead atoms. The standard InChI is InChI=1S/C26H28N6O2/c1-18(19-6-3-2-4-7-19)9-10-23(33)21-16-24(29-17-28-21)31-14-11-20(12-15-31)32-22-8-5-13-27-25(22)30-26(32)34/h2-8,13,16-18,20H,9-12,14-15H2,1H3,(H,27,30,34). The molecule has 5 rings (SSSR count). The van der Waals surface area contributed by atoms with Crippen LogP contribution in [0.4, 0.5) is 5.82 Å². The molecule has 1 aliphatic heterocycles. The molecular formula is C26H28N6O2. The van der Waals surface area contributed by atoms with E-state index >= 15 is 0 Å². The van der Waals surface area contributed by atoms with Crippen molar-refractivity contribution in [2.45, 2.75) is 44.6 Å². The molecule has 8 heteroatoms. The molecule has 1 fully saturated rings. The number of aromatic nitrogens is 5. The average molecular weight is 457 g/mol. The Hall–Kier alpha value is -3.81. The maximum Gasteiger partial charge on any atom is 0.327 e. The first-order chi connectivity index (χ1) is 16.6. The van der Waals surface area contributed by atoms with Crippen LogP contribution in [0.25, 0.3) is 11.2 Å². The molecule has 0 aliphatic carbocycles. The number of H-pyrrole nitrogens is 1. The SMILES string of the molecule is CC(CCC(=O)c1cc(N2CCC(n3c(=O)[nH]c4ncccc43)CC2)ncn1)c1ccccc1. The van der Waals surface area contributed by atoms with E-state index in [0.29, 0.717) is 23.7 Å². The van der Waals surface area contributed by atoms with Crippen LogP contribution in [-0.2, 0) is 0 Å². The van der Waals surface area contributed by atoms with E-state index in [4.69, 9.17) is 0 Å². The average Bonchev–Trinajstić information content (AvgIpc) is 3.23. The molecule has 174 valence electrons. The lowest BCUT2D eigenvalue weighted by molar-refractivity contribution is 0.0973. The third kappa shape index (κ3) is 4.48. The second-order valence-electron chi connectivity index (χ2n) is 8.92. The van der Waals surface area contributed by atoms with Gasteiger partial charge in [0.1, 0.15) is 17.8 Å². The number of hydrogen-bond acceptors (Lipinski definition) is 6. The van der Waals surface area contributed by atoms with Gasteiger partial charge in [0.2, 0.25) is 0 Å². The maximum atomic E-state index is 12.8. The molecule has 8 nitrogen and oxygen atoms in total. The van der Waals surface area contributed by atoms with E-state index in [9.17, 15) is 9.59 Å². The van der Waals surface area contributed by atoms with Crippen LogP contribution >= 0.6 is 0 Å². The largest absolute Gasteiger partial charge is 0.356 e. The third-order valence-corrected chi connectivity index (χ3v) is 6.76. The van der Waals surface area contributed by atoms with Crippen molar-refractivity contribution >= 4 is 22.8 Å². The second kappa shape index (κ2) is 9.59. The summed E-state index contributed by atoms with van der Waals surface area (Å²) in [7, 11) is 0. The summed E-state index contributed by atoms with van der Waals surface area (Å²) in [6, 6.07) is 15.9. The van der Waals surface area contributed by atoms with E-state index in [2.05, 4.69) is 43.9 Å². The fourth-order valence-electron chi connectivity index (χ4n) is 4.77. The fraction of sp³-hybridized carbons (Fsp3) is 0.346. The van der Waals surface area contributed by atoms with Crippen LogP contribution in [-0.4, -0.2) is 43.4 Å². The number of nitrogens with one attached hydrogen (secondary N) is 1. The highest BCUT2D eigenvalue weighted by atomic mass is 16.1. The molecule has 4 heterocycles. The number of nitrogens with zero attached hydrogens (tertiary/aromatic N) is 5. The summed E-state index contributed by atoms with van der Waals surface area (Å²) < 4.78 is 1.82. The van der Waals surface area contributed by atoms with Crippen LogP contribution in [0, 0.1) is 0 Å². The molecule has 4 aromatic rings. The predicted octanol–water partition coefficient (Wildman–Crippen LogP) is 4.12. The van der Waals surface area contributed by atoms with Crippen LogP contribution in [0.1, 0.15) is 60.6 Å². The highest BCUT2D eigenvalue weighted by molar-refractivity contribution is 5.94. The molecule has 1 atom stereocenters. The van der Waals surface area contributed by atoms with Gasteiger partial charge in [-0.3, -0.25) is 14.3 Å². The Morgan fingerprint density at radius 2 is 1.88 bits per heavy atom. The van der Waals surface area contributed by atoms with Crippen LogP contribution < -0.4 is 10.6 Å². The van der Waals surface area contributed by atoms with E-state index in [1.54, 1.807) is 12.3 Å². The second-order valence-corrected chi connectivity index (χ2v) is 8.92. The zero-order chi connectivity index (χ0) is 23.5. The summed E-state index contributed by atoms with van der Waals surface area (Å²) in [5.41, 5.74) is 3.05. The van der Waals surface area contributed by atoms with Gasteiger partial charge in [-0.15, -0.1) is 0 Å². The number of fused-ring (bicyclic) bond motifs is 1. The number of ketones is 1. The highest BCUT2D eigenvalue weighted by Crippen LogP contribution is 2.27. The Kier molecular flexibility index (Phi) is 6.20. The van der Waals surface area contributed by atoms with Gasteiger partial charge in [-0.1, -0.05) is 37.3 Å². The molecule has 0 radical (unpaired) electrons. The van der Waals surface area contributed by atoms with Crippen LogP contribution in [0.15, 0.2) is 65.8 Å². The number of benzene rings is 1. The lowest BCUT2D eigenvalue weighted by Gasteiger charge is -2.33. The number of carbonyl (C=O) groups is 1. The molecule has 1 unspecified atom stereocenters. The van der Waals surface area contributed by atoms with E-state index in [0.717, 1.165) is 43.7 Å². The van der Waals surface area contributed by atoms with Crippen molar-refractivity contribution in [1.82, 2.24) is 24.5 Å². The molecule has 1 aromatic carbocycles. The first-order valence-corrected chi connectivity index (χ1v) is 11.8. The topological polar surface area (TPSA) is 96.8 Å². The molecule has 0 amide bonds. The van der Waals surface area contributed by atoms with E-state index < -0.39 is 0 Å². The van der Waals surface area contributed by atoms with Gasteiger partial charge in [-0.25, -0.2) is 19.7 Å². The Labute approximate surface area is 197 Å². The zero-order valence-corrected chi connectivity index (χ0v) is 19.2. The number of rotatable bonds is 7. The number of piperidine rings is 1. The van der Waals surface area contributed by atoms with E-state index in [1.165, 1.54) is 11.9 Å². The van der Waals surface area contributed by atoms with Crippen LogP contribution in [0.2, 0.25) is 0 Å². The van der Waals surface area contributed by atoms with E-state index in [-0.39, 0.29) is 17.5 Å². The molecule has 3 aromatic heterocycles. The monoisotopic (exact) mass is 456 g/mol. The van der Waals surface area contributed by atoms with Crippen molar-refractivity contribution in [2.24, 2.45) is 0 Å². The van der Waals surface area contributed by atoms with Crippen molar-refractivity contribution in [1.29, 1.82) is 0 Å². The van der Waals surface area contributed by atoms with Gasteiger partial charge in [0.25, 0.3) is 0 Å². The minimum atomic E-state index is -0.119. The van der Waals surface area contributed by atoms with Crippen molar-refractivity contribution in [2.75, 3.05) is 18.0 Å². The summed E-state index contributed by atoms with van der Waals surface area (Å²) in [4.78, 5) is 43.3. The highest BCUT2D eigenvalue weighted by Gasteiger charge is 2.25. The zero-order valence-electron chi connectivity index (χ0n) is 19.2. The minimum Gasteiger partial charge on any atom is -0.356 e.